The first-order valence-electron chi connectivity index (χ1n) is 8.54. The highest BCUT2D eigenvalue weighted by molar-refractivity contribution is 5.93. The number of aromatic nitrogens is 1. The van der Waals surface area contributed by atoms with Crippen LogP contribution >= 0.6 is 0 Å². The van der Waals surface area contributed by atoms with E-state index >= 15 is 0 Å². The predicted octanol–water partition coefficient (Wildman–Crippen LogP) is 4.60. The molecule has 3 aromatic rings. The molecule has 1 aliphatic heterocycles. The van der Waals surface area contributed by atoms with Gasteiger partial charge in [-0.15, -0.1) is 0 Å². The average Bonchev–Trinajstić information content (AvgIpc) is 3.07. The molecule has 3 nitrogen and oxygen atoms in total. The van der Waals surface area contributed by atoms with Crippen molar-refractivity contribution in [2.45, 2.75) is 13.0 Å². The Bertz CT molecular complexity index is 911. The summed E-state index contributed by atoms with van der Waals surface area (Å²) < 4.78 is 18.4. The van der Waals surface area contributed by atoms with Crippen LogP contribution < -0.4 is 4.74 Å². The van der Waals surface area contributed by atoms with E-state index in [1.54, 1.807) is 7.11 Å². The predicted molar refractivity (Wildman–Crippen MR) is 99.1 cm³/mol. The van der Waals surface area contributed by atoms with Crippen molar-refractivity contribution in [2.75, 3.05) is 20.2 Å². The van der Waals surface area contributed by atoms with Crippen LogP contribution in [0.4, 0.5) is 4.39 Å². The number of methoxy groups -OCH3 is 1. The van der Waals surface area contributed by atoms with Gasteiger partial charge in [-0.05, 0) is 47.9 Å². The lowest BCUT2D eigenvalue weighted by atomic mass is 9.98. The highest BCUT2D eigenvalue weighted by Crippen LogP contribution is 2.31. The van der Waals surface area contributed by atoms with Gasteiger partial charge in [0.05, 0.1) is 7.11 Å². The number of benzene rings is 2. The highest BCUT2D eigenvalue weighted by atomic mass is 19.1. The molecule has 0 saturated heterocycles. The summed E-state index contributed by atoms with van der Waals surface area (Å²) in [6.45, 7) is 2.76. The number of halogens is 1. The molecule has 25 heavy (non-hydrogen) atoms. The quantitative estimate of drug-likeness (QED) is 0.754. The Hall–Kier alpha value is -2.59. The molecule has 0 saturated carbocycles. The van der Waals surface area contributed by atoms with Gasteiger partial charge in [-0.1, -0.05) is 18.2 Å². The third-order valence-electron chi connectivity index (χ3n) is 4.85. The molecule has 4 rings (SSSR count). The Kier molecular flexibility index (Phi) is 4.28. The van der Waals surface area contributed by atoms with E-state index < -0.39 is 0 Å². The summed E-state index contributed by atoms with van der Waals surface area (Å²) >= 11 is 0. The molecule has 1 aliphatic rings. The van der Waals surface area contributed by atoms with E-state index in [1.165, 1.54) is 28.7 Å². The molecule has 0 spiro atoms. The number of nitrogens with one attached hydrogen (secondary N) is 1. The van der Waals surface area contributed by atoms with Gasteiger partial charge in [0, 0.05) is 42.3 Å². The number of ether oxygens (including phenoxy) is 1. The number of hydrogen-bond donors (Lipinski definition) is 1. The molecule has 1 aromatic heterocycles. The Morgan fingerprint density at radius 2 is 2.00 bits per heavy atom. The van der Waals surface area contributed by atoms with E-state index in [0.717, 1.165) is 42.9 Å². The highest BCUT2D eigenvalue weighted by Gasteiger charge is 2.16. The van der Waals surface area contributed by atoms with Crippen molar-refractivity contribution in [1.82, 2.24) is 9.88 Å². The van der Waals surface area contributed by atoms with Crippen LogP contribution in [0.15, 0.2) is 54.7 Å². The second-order valence-corrected chi connectivity index (χ2v) is 6.45. The fraction of sp³-hybridized carbons (Fsp3) is 0.238. The topological polar surface area (TPSA) is 28.3 Å². The summed E-state index contributed by atoms with van der Waals surface area (Å²) in [5, 5.41) is 1.21. The number of hydrogen-bond acceptors (Lipinski definition) is 2. The fourth-order valence-corrected chi connectivity index (χ4v) is 3.44. The maximum absolute atomic E-state index is 13.0. The van der Waals surface area contributed by atoms with E-state index in [4.69, 9.17) is 4.74 Å². The van der Waals surface area contributed by atoms with Crippen LogP contribution in [0.1, 0.15) is 17.5 Å². The van der Waals surface area contributed by atoms with Crippen molar-refractivity contribution < 1.29 is 9.13 Å². The minimum absolute atomic E-state index is 0.181. The van der Waals surface area contributed by atoms with Crippen LogP contribution in [0, 0.1) is 5.82 Å². The van der Waals surface area contributed by atoms with E-state index in [1.807, 2.05) is 18.2 Å². The van der Waals surface area contributed by atoms with Crippen molar-refractivity contribution in [2.24, 2.45) is 0 Å². The van der Waals surface area contributed by atoms with Crippen LogP contribution in [0.3, 0.4) is 0 Å². The molecule has 0 radical (unpaired) electrons. The molecule has 0 aliphatic carbocycles. The van der Waals surface area contributed by atoms with Gasteiger partial charge in [-0.25, -0.2) is 4.39 Å². The van der Waals surface area contributed by atoms with Crippen LogP contribution in [-0.4, -0.2) is 30.1 Å². The summed E-state index contributed by atoms with van der Waals surface area (Å²) in [4.78, 5) is 5.73. The van der Waals surface area contributed by atoms with Crippen LogP contribution in [0.2, 0.25) is 0 Å². The molecule has 0 unspecified atom stereocenters. The van der Waals surface area contributed by atoms with Crippen molar-refractivity contribution in [3.05, 3.63) is 71.7 Å². The normalized spacial score (nSPS) is 15.4. The summed E-state index contributed by atoms with van der Waals surface area (Å²) in [6, 6.07) is 12.9. The van der Waals surface area contributed by atoms with Gasteiger partial charge in [0.25, 0.3) is 0 Å². The molecule has 128 valence electrons. The molecule has 0 bridgehead atoms. The van der Waals surface area contributed by atoms with E-state index in [2.05, 4.69) is 34.3 Å². The molecule has 2 aromatic carbocycles. The monoisotopic (exact) mass is 336 g/mol. The summed E-state index contributed by atoms with van der Waals surface area (Å²) in [7, 11) is 1.70. The summed E-state index contributed by atoms with van der Waals surface area (Å²) in [5.41, 5.74) is 4.91. The van der Waals surface area contributed by atoms with Gasteiger partial charge in [0.2, 0.25) is 0 Å². The second kappa shape index (κ2) is 6.73. The summed E-state index contributed by atoms with van der Waals surface area (Å²) in [5.74, 6) is 0.696. The number of nitrogens with zero attached hydrogens (tertiary/aromatic N) is 1. The second-order valence-electron chi connectivity index (χ2n) is 6.45. The van der Waals surface area contributed by atoms with Gasteiger partial charge in [-0.2, -0.15) is 0 Å². The number of rotatable bonds is 4. The summed E-state index contributed by atoms with van der Waals surface area (Å²) in [6.07, 6.45) is 5.39. The van der Waals surface area contributed by atoms with E-state index in [0.29, 0.717) is 0 Å². The Labute approximate surface area is 146 Å². The molecular formula is C21H21FN2O. The maximum atomic E-state index is 13.0. The molecule has 4 heteroatoms. The lowest BCUT2D eigenvalue weighted by molar-refractivity contribution is 0.294. The standard InChI is InChI=1S/C21H21FN2O/c1-25-18-6-7-21-19(12-18)20(13-23-21)16-8-10-24(11-9-16)14-15-2-4-17(22)5-3-15/h2-8,12-13,23H,9-11,14H2,1H3. The molecule has 0 atom stereocenters. The molecular weight excluding hydrogens is 315 g/mol. The van der Waals surface area contributed by atoms with Crippen molar-refractivity contribution in [3.63, 3.8) is 0 Å². The van der Waals surface area contributed by atoms with Gasteiger partial charge < -0.3 is 9.72 Å². The first kappa shape index (κ1) is 15.9. The molecule has 1 N–H and O–H groups in total. The Morgan fingerprint density at radius 1 is 1.16 bits per heavy atom. The first-order valence-corrected chi connectivity index (χ1v) is 8.54. The minimum Gasteiger partial charge on any atom is -0.497 e. The third-order valence-corrected chi connectivity index (χ3v) is 4.85. The zero-order valence-electron chi connectivity index (χ0n) is 14.3. The molecule has 2 heterocycles. The minimum atomic E-state index is -0.181. The van der Waals surface area contributed by atoms with Crippen LogP contribution in [0.25, 0.3) is 16.5 Å². The van der Waals surface area contributed by atoms with E-state index in [-0.39, 0.29) is 5.82 Å². The van der Waals surface area contributed by atoms with Gasteiger partial charge >= 0.3 is 0 Å². The van der Waals surface area contributed by atoms with Gasteiger partial charge in [0.15, 0.2) is 0 Å². The largest absolute Gasteiger partial charge is 0.497 e. The van der Waals surface area contributed by atoms with E-state index in [9.17, 15) is 4.39 Å². The van der Waals surface area contributed by atoms with Gasteiger partial charge in [-0.3, -0.25) is 4.90 Å². The zero-order chi connectivity index (χ0) is 17.2. The van der Waals surface area contributed by atoms with Crippen molar-refractivity contribution in [3.8, 4) is 5.75 Å². The Morgan fingerprint density at radius 3 is 2.72 bits per heavy atom. The zero-order valence-corrected chi connectivity index (χ0v) is 14.3. The lowest BCUT2D eigenvalue weighted by Crippen LogP contribution is -2.27. The van der Waals surface area contributed by atoms with Crippen LogP contribution in [-0.2, 0) is 6.54 Å². The molecule has 0 fully saturated rings. The first-order chi connectivity index (χ1) is 12.2. The molecule has 0 amide bonds. The van der Waals surface area contributed by atoms with Crippen LogP contribution in [0.5, 0.6) is 5.75 Å². The average molecular weight is 336 g/mol. The lowest BCUT2D eigenvalue weighted by Gasteiger charge is -2.26. The number of aromatic amines is 1. The number of H-pyrrole nitrogens is 1. The maximum Gasteiger partial charge on any atom is 0.123 e. The SMILES string of the molecule is COc1ccc2[nH]cc(C3=CCN(Cc4ccc(F)cc4)CC3)c2c1. The van der Waals surface area contributed by atoms with Crippen molar-refractivity contribution in [1.29, 1.82) is 0 Å². The van der Waals surface area contributed by atoms with Crippen molar-refractivity contribution >= 4 is 16.5 Å². The Balaban J connectivity index is 1.51. The third kappa shape index (κ3) is 3.30. The number of fused-ring (bicyclic) bond motifs is 1. The fourth-order valence-electron chi connectivity index (χ4n) is 3.44. The smallest absolute Gasteiger partial charge is 0.123 e. The van der Waals surface area contributed by atoms with Gasteiger partial charge in [0.1, 0.15) is 11.6 Å².